The number of piperidine rings is 1. The quantitative estimate of drug-likeness (QED) is 0.839. The normalized spacial score (nSPS) is 16.2. The number of nitrogens with one attached hydrogen (secondary N) is 2. The first-order valence-corrected chi connectivity index (χ1v) is 5.57. The SMILES string of the molecule is Cl.Cl.c1cc2cn[nH]c2cc1C1CCNCC1. The van der Waals surface area contributed by atoms with Crippen LogP contribution in [0.4, 0.5) is 0 Å². The largest absolute Gasteiger partial charge is 0.317 e. The Balaban J connectivity index is 0.000000722. The maximum atomic E-state index is 4.05. The highest BCUT2D eigenvalue weighted by Crippen LogP contribution is 2.27. The van der Waals surface area contributed by atoms with E-state index < -0.39 is 0 Å². The summed E-state index contributed by atoms with van der Waals surface area (Å²) in [6, 6.07) is 6.66. The number of fused-ring (bicyclic) bond motifs is 1. The van der Waals surface area contributed by atoms with E-state index in [-0.39, 0.29) is 24.8 Å². The Morgan fingerprint density at radius 3 is 2.65 bits per heavy atom. The zero-order valence-corrected chi connectivity index (χ0v) is 11.1. The van der Waals surface area contributed by atoms with Crippen molar-refractivity contribution in [3.63, 3.8) is 0 Å². The topological polar surface area (TPSA) is 40.7 Å². The summed E-state index contributed by atoms with van der Waals surface area (Å²) in [6.07, 6.45) is 4.38. The molecule has 0 radical (unpaired) electrons. The maximum Gasteiger partial charge on any atom is 0.0653 e. The summed E-state index contributed by atoms with van der Waals surface area (Å²) in [6.45, 7) is 2.29. The van der Waals surface area contributed by atoms with Crippen molar-refractivity contribution in [2.45, 2.75) is 18.8 Å². The Kier molecular flexibility index (Phi) is 5.25. The number of hydrogen-bond acceptors (Lipinski definition) is 2. The molecule has 0 unspecified atom stereocenters. The van der Waals surface area contributed by atoms with Crippen molar-refractivity contribution < 1.29 is 0 Å². The maximum absolute atomic E-state index is 4.05. The van der Waals surface area contributed by atoms with Crippen LogP contribution in [-0.4, -0.2) is 23.3 Å². The van der Waals surface area contributed by atoms with Crippen molar-refractivity contribution in [2.24, 2.45) is 0 Å². The van der Waals surface area contributed by atoms with Crippen LogP contribution >= 0.6 is 24.8 Å². The van der Waals surface area contributed by atoms with Crippen molar-refractivity contribution in [1.82, 2.24) is 15.5 Å². The number of aromatic nitrogens is 2. The summed E-state index contributed by atoms with van der Waals surface area (Å²) in [5, 5.41) is 11.7. The van der Waals surface area contributed by atoms with Gasteiger partial charge in [0.05, 0.1) is 11.7 Å². The molecule has 3 nitrogen and oxygen atoms in total. The van der Waals surface area contributed by atoms with Crippen LogP contribution in [0.3, 0.4) is 0 Å². The fourth-order valence-corrected chi connectivity index (χ4v) is 2.36. The van der Waals surface area contributed by atoms with E-state index in [4.69, 9.17) is 0 Å². The van der Waals surface area contributed by atoms with Gasteiger partial charge in [-0.2, -0.15) is 5.10 Å². The lowest BCUT2D eigenvalue weighted by Crippen LogP contribution is -2.26. The van der Waals surface area contributed by atoms with E-state index in [0.717, 1.165) is 24.5 Å². The minimum absolute atomic E-state index is 0. The number of halogens is 2. The molecule has 1 saturated heterocycles. The molecule has 1 aliphatic rings. The van der Waals surface area contributed by atoms with Crippen molar-refractivity contribution >= 4 is 35.7 Å². The molecular weight excluding hydrogens is 257 g/mol. The Labute approximate surface area is 113 Å². The first-order chi connectivity index (χ1) is 7.43. The van der Waals surface area contributed by atoms with Gasteiger partial charge in [0, 0.05) is 5.39 Å². The molecule has 0 aliphatic carbocycles. The van der Waals surface area contributed by atoms with Crippen LogP contribution in [0, 0.1) is 0 Å². The molecule has 1 aliphatic heterocycles. The molecule has 0 amide bonds. The number of benzene rings is 1. The van der Waals surface area contributed by atoms with E-state index in [9.17, 15) is 0 Å². The average molecular weight is 274 g/mol. The molecule has 5 heteroatoms. The Hall–Kier alpha value is -0.770. The molecule has 0 saturated carbocycles. The molecule has 0 atom stereocenters. The van der Waals surface area contributed by atoms with Gasteiger partial charge in [-0.15, -0.1) is 24.8 Å². The molecule has 94 valence electrons. The molecule has 0 spiro atoms. The average Bonchev–Trinajstić information content (AvgIpc) is 2.77. The molecular formula is C12H17Cl2N3. The number of hydrogen-bond donors (Lipinski definition) is 2. The zero-order valence-electron chi connectivity index (χ0n) is 9.48. The predicted octanol–water partition coefficient (Wildman–Crippen LogP) is 2.87. The van der Waals surface area contributed by atoms with Gasteiger partial charge in [-0.1, -0.05) is 12.1 Å². The standard InChI is InChI=1S/C12H15N3.2ClH/c1-2-11-8-14-15-12(11)7-10(1)9-3-5-13-6-4-9;;/h1-2,7-9,13H,3-6H2,(H,14,15);2*1H. The highest BCUT2D eigenvalue weighted by atomic mass is 35.5. The van der Waals surface area contributed by atoms with Gasteiger partial charge < -0.3 is 5.32 Å². The van der Waals surface area contributed by atoms with Gasteiger partial charge in [0.2, 0.25) is 0 Å². The van der Waals surface area contributed by atoms with Gasteiger partial charge in [0.25, 0.3) is 0 Å². The lowest BCUT2D eigenvalue weighted by Gasteiger charge is -2.22. The van der Waals surface area contributed by atoms with Gasteiger partial charge in [-0.25, -0.2) is 0 Å². The molecule has 0 bridgehead atoms. The summed E-state index contributed by atoms with van der Waals surface area (Å²) in [5.74, 6) is 0.721. The summed E-state index contributed by atoms with van der Waals surface area (Å²) < 4.78 is 0. The summed E-state index contributed by atoms with van der Waals surface area (Å²) in [5.41, 5.74) is 2.61. The number of H-pyrrole nitrogens is 1. The van der Waals surface area contributed by atoms with Crippen LogP contribution in [0.5, 0.6) is 0 Å². The van der Waals surface area contributed by atoms with Gasteiger partial charge in [-0.3, -0.25) is 5.10 Å². The minimum atomic E-state index is 0. The second-order valence-corrected chi connectivity index (χ2v) is 4.24. The van der Waals surface area contributed by atoms with Crippen LogP contribution in [0.2, 0.25) is 0 Å². The van der Waals surface area contributed by atoms with Crippen molar-refractivity contribution in [2.75, 3.05) is 13.1 Å². The summed E-state index contributed by atoms with van der Waals surface area (Å²) >= 11 is 0. The predicted molar refractivity (Wildman–Crippen MR) is 75.4 cm³/mol. The number of nitrogens with zero attached hydrogens (tertiary/aromatic N) is 1. The molecule has 2 heterocycles. The third kappa shape index (κ3) is 2.92. The lowest BCUT2D eigenvalue weighted by atomic mass is 9.90. The molecule has 3 rings (SSSR count). The van der Waals surface area contributed by atoms with E-state index in [1.807, 2.05) is 6.20 Å². The van der Waals surface area contributed by atoms with Gasteiger partial charge in [-0.05, 0) is 43.5 Å². The third-order valence-corrected chi connectivity index (χ3v) is 3.28. The Morgan fingerprint density at radius 1 is 1.12 bits per heavy atom. The molecule has 1 fully saturated rings. The minimum Gasteiger partial charge on any atom is -0.317 e. The third-order valence-electron chi connectivity index (χ3n) is 3.28. The smallest absolute Gasteiger partial charge is 0.0653 e. The second-order valence-electron chi connectivity index (χ2n) is 4.24. The van der Waals surface area contributed by atoms with Crippen molar-refractivity contribution in [1.29, 1.82) is 0 Å². The van der Waals surface area contributed by atoms with Crippen LogP contribution in [-0.2, 0) is 0 Å². The molecule has 2 aromatic rings. The van der Waals surface area contributed by atoms with E-state index in [1.165, 1.54) is 23.8 Å². The lowest BCUT2D eigenvalue weighted by molar-refractivity contribution is 0.460. The monoisotopic (exact) mass is 273 g/mol. The molecule has 17 heavy (non-hydrogen) atoms. The fraction of sp³-hybridized carbons (Fsp3) is 0.417. The van der Waals surface area contributed by atoms with Crippen molar-refractivity contribution in [3.8, 4) is 0 Å². The number of rotatable bonds is 1. The molecule has 1 aromatic carbocycles. The Bertz CT molecular complexity index is 463. The van der Waals surface area contributed by atoms with E-state index in [0.29, 0.717) is 0 Å². The zero-order chi connectivity index (χ0) is 10.1. The van der Waals surface area contributed by atoms with E-state index in [2.05, 4.69) is 33.7 Å². The second kappa shape index (κ2) is 6.24. The fourth-order valence-electron chi connectivity index (χ4n) is 2.36. The van der Waals surface area contributed by atoms with E-state index in [1.54, 1.807) is 0 Å². The summed E-state index contributed by atoms with van der Waals surface area (Å²) in [7, 11) is 0. The van der Waals surface area contributed by atoms with Gasteiger partial charge >= 0.3 is 0 Å². The Morgan fingerprint density at radius 2 is 1.88 bits per heavy atom. The first-order valence-electron chi connectivity index (χ1n) is 5.57. The van der Waals surface area contributed by atoms with Gasteiger partial charge in [0.1, 0.15) is 0 Å². The van der Waals surface area contributed by atoms with Crippen LogP contribution in [0.1, 0.15) is 24.3 Å². The van der Waals surface area contributed by atoms with Gasteiger partial charge in [0.15, 0.2) is 0 Å². The highest BCUT2D eigenvalue weighted by molar-refractivity contribution is 5.85. The van der Waals surface area contributed by atoms with Crippen molar-refractivity contribution in [3.05, 3.63) is 30.0 Å². The van der Waals surface area contributed by atoms with Crippen LogP contribution in [0.25, 0.3) is 10.9 Å². The van der Waals surface area contributed by atoms with E-state index >= 15 is 0 Å². The highest BCUT2D eigenvalue weighted by Gasteiger charge is 2.15. The molecule has 2 N–H and O–H groups in total. The van der Waals surface area contributed by atoms with Crippen LogP contribution < -0.4 is 5.32 Å². The first kappa shape index (κ1) is 14.3. The van der Waals surface area contributed by atoms with Crippen LogP contribution in [0.15, 0.2) is 24.4 Å². The number of aromatic amines is 1. The summed E-state index contributed by atoms with van der Waals surface area (Å²) in [4.78, 5) is 0. The molecule has 1 aromatic heterocycles.